The van der Waals surface area contributed by atoms with Gasteiger partial charge in [-0.3, -0.25) is 9.59 Å². The fraction of sp³-hybridized carbons (Fsp3) is 0.538. The number of amides is 1. The number of likely N-dealkylation sites (tertiary alicyclic amines) is 1. The van der Waals surface area contributed by atoms with E-state index in [0.717, 1.165) is 4.47 Å². The summed E-state index contributed by atoms with van der Waals surface area (Å²) in [7, 11) is 1.82. The van der Waals surface area contributed by atoms with Gasteiger partial charge in [0.25, 0.3) is 5.91 Å². The van der Waals surface area contributed by atoms with E-state index in [2.05, 4.69) is 15.9 Å². The third kappa shape index (κ3) is 2.83. The van der Waals surface area contributed by atoms with Gasteiger partial charge in [-0.25, -0.2) is 0 Å². The number of aryl methyl sites for hydroxylation is 1. The van der Waals surface area contributed by atoms with E-state index in [-0.39, 0.29) is 17.7 Å². The minimum Gasteiger partial charge on any atom is -0.481 e. The van der Waals surface area contributed by atoms with Crippen molar-refractivity contribution in [1.82, 2.24) is 9.47 Å². The summed E-state index contributed by atoms with van der Waals surface area (Å²) in [5.41, 5.74) is 0.618. The van der Waals surface area contributed by atoms with Gasteiger partial charge in [0.15, 0.2) is 0 Å². The number of nitrogens with zero attached hydrogens (tertiary/aromatic N) is 2. The van der Waals surface area contributed by atoms with Crippen molar-refractivity contribution in [3.63, 3.8) is 0 Å². The molecule has 0 aliphatic carbocycles. The largest absolute Gasteiger partial charge is 0.481 e. The number of carboxylic acids is 1. The van der Waals surface area contributed by atoms with Crippen LogP contribution in [0.15, 0.2) is 16.7 Å². The monoisotopic (exact) mass is 328 g/mol. The van der Waals surface area contributed by atoms with Gasteiger partial charge in [-0.2, -0.15) is 0 Å². The van der Waals surface area contributed by atoms with Gasteiger partial charge < -0.3 is 14.6 Å². The maximum atomic E-state index is 12.4. The molecule has 1 aromatic rings. The molecule has 2 heterocycles. The van der Waals surface area contributed by atoms with E-state index in [0.29, 0.717) is 25.2 Å². The average Bonchev–Trinajstić information content (AvgIpc) is 2.67. The lowest BCUT2D eigenvalue weighted by Gasteiger charge is -2.34. The van der Waals surface area contributed by atoms with Crippen molar-refractivity contribution in [1.29, 1.82) is 0 Å². The third-order valence-corrected chi connectivity index (χ3v) is 4.13. The highest BCUT2D eigenvalue weighted by molar-refractivity contribution is 9.10. The van der Waals surface area contributed by atoms with Crippen LogP contribution < -0.4 is 0 Å². The van der Waals surface area contributed by atoms with Crippen LogP contribution in [0.4, 0.5) is 0 Å². The van der Waals surface area contributed by atoms with Gasteiger partial charge in [-0.1, -0.05) is 6.92 Å². The zero-order chi connectivity index (χ0) is 14.2. The van der Waals surface area contributed by atoms with Crippen LogP contribution in [0.3, 0.4) is 0 Å². The molecule has 6 heteroatoms. The van der Waals surface area contributed by atoms with Crippen molar-refractivity contribution < 1.29 is 14.7 Å². The molecule has 0 aromatic carbocycles. The predicted molar refractivity (Wildman–Crippen MR) is 73.9 cm³/mol. The zero-order valence-electron chi connectivity index (χ0n) is 11.0. The van der Waals surface area contributed by atoms with Crippen LogP contribution in [0.2, 0.25) is 0 Å². The quantitative estimate of drug-likeness (QED) is 0.902. The Kier molecular flexibility index (Phi) is 3.99. The van der Waals surface area contributed by atoms with Crippen LogP contribution in [-0.4, -0.2) is 39.5 Å². The average molecular weight is 329 g/mol. The Morgan fingerprint density at radius 1 is 1.47 bits per heavy atom. The number of carbonyl (C=O) groups excluding carboxylic acids is 1. The summed E-state index contributed by atoms with van der Waals surface area (Å²) < 4.78 is 2.65. The Morgan fingerprint density at radius 3 is 2.63 bits per heavy atom. The molecule has 1 amide bonds. The number of carboxylic acid groups (broad SMARTS) is 1. The molecule has 0 bridgehead atoms. The van der Waals surface area contributed by atoms with Gasteiger partial charge in [-0.05, 0) is 34.3 Å². The normalized spacial score (nSPS) is 23.4. The summed E-state index contributed by atoms with van der Waals surface area (Å²) in [6.45, 7) is 2.89. The highest BCUT2D eigenvalue weighted by Gasteiger charge is 2.33. The summed E-state index contributed by atoms with van der Waals surface area (Å²) >= 11 is 3.35. The SMILES string of the molecule is CC1CN(C(=O)c2cc(Br)cn2C)CCC1C(=O)O. The van der Waals surface area contributed by atoms with Crippen molar-refractivity contribution in [2.45, 2.75) is 13.3 Å². The summed E-state index contributed by atoms with van der Waals surface area (Å²) in [6, 6.07) is 1.79. The maximum absolute atomic E-state index is 12.4. The van der Waals surface area contributed by atoms with Crippen LogP contribution in [0, 0.1) is 11.8 Å². The molecule has 2 unspecified atom stereocenters. The Morgan fingerprint density at radius 2 is 2.16 bits per heavy atom. The number of halogens is 1. The van der Waals surface area contributed by atoms with E-state index in [4.69, 9.17) is 5.11 Å². The number of aromatic nitrogens is 1. The fourth-order valence-electron chi connectivity index (χ4n) is 2.60. The van der Waals surface area contributed by atoms with E-state index in [1.807, 2.05) is 20.2 Å². The first kappa shape index (κ1) is 14.1. The second-order valence-electron chi connectivity index (χ2n) is 5.12. The van der Waals surface area contributed by atoms with E-state index < -0.39 is 5.97 Å². The van der Waals surface area contributed by atoms with Crippen LogP contribution in [0.1, 0.15) is 23.8 Å². The molecule has 0 saturated carbocycles. The first-order chi connectivity index (χ1) is 8.90. The molecule has 1 aliphatic heterocycles. The Balaban J connectivity index is 2.10. The highest BCUT2D eigenvalue weighted by atomic mass is 79.9. The van der Waals surface area contributed by atoms with Gasteiger partial charge in [0.1, 0.15) is 5.69 Å². The Bertz CT molecular complexity index is 512. The molecule has 1 N–H and O–H groups in total. The van der Waals surface area contributed by atoms with E-state index in [1.54, 1.807) is 15.5 Å². The molecule has 0 spiro atoms. The molecule has 2 atom stereocenters. The molecule has 0 radical (unpaired) electrons. The lowest BCUT2D eigenvalue weighted by molar-refractivity contribution is -0.145. The summed E-state index contributed by atoms with van der Waals surface area (Å²) in [5.74, 6) is -1.16. The van der Waals surface area contributed by atoms with Crippen molar-refractivity contribution in [2.75, 3.05) is 13.1 Å². The van der Waals surface area contributed by atoms with Crippen molar-refractivity contribution in [3.05, 3.63) is 22.4 Å². The van der Waals surface area contributed by atoms with Gasteiger partial charge >= 0.3 is 5.97 Å². The van der Waals surface area contributed by atoms with Crippen LogP contribution >= 0.6 is 15.9 Å². The molecule has 1 aromatic heterocycles. The molecule has 1 saturated heterocycles. The molecule has 1 fully saturated rings. The number of carbonyl (C=O) groups is 2. The third-order valence-electron chi connectivity index (χ3n) is 3.70. The minimum absolute atomic E-state index is 0.0149. The molecule has 104 valence electrons. The number of aliphatic carboxylic acids is 1. The first-order valence-corrected chi connectivity index (χ1v) is 7.03. The van der Waals surface area contributed by atoms with E-state index in [9.17, 15) is 9.59 Å². The second kappa shape index (κ2) is 5.36. The number of hydrogen-bond donors (Lipinski definition) is 1. The molecular formula is C13H17BrN2O3. The molecular weight excluding hydrogens is 312 g/mol. The fourth-order valence-corrected chi connectivity index (χ4v) is 3.12. The van der Waals surface area contributed by atoms with Crippen molar-refractivity contribution in [3.8, 4) is 0 Å². The Labute approximate surface area is 120 Å². The molecule has 1 aliphatic rings. The summed E-state index contributed by atoms with van der Waals surface area (Å²) in [5, 5.41) is 9.08. The summed E-state index contributed by atoms with van der Waals surface area (Å²) in [6.07, 6.45) is 2.36. The topological polar surface area (TPSA) is 62.5 Å². The van der Waals surface area contributed by atoms with Crippen molar-refractivity contribution >= 4 is 27.8 Å². The molecule has 19 heavy (non-hydrogen) atoms. The highest BCUT2D eigenvalue weighted by Crippen LogP contribution is 2.25. The lowest BCUT2D eigenvalue weighted by atomic mass is 9.87. The second-order valence-corrected chi connectivity index (χ2v) is 6.03. The van der Waals surface area contributed by atoms with E-state index in [1.165, 1.54) is 0 Å². The van der Waals surface area contributed by atoms with Gasteiger partial charge in [0.2, 0.25) is 0 Å². The zero-order valence-corrected chi connectivity index (χ0v) is 12.6. The summed E-state index contributed by atoms with van der Waals surface area (Å²) in [4.78, 5) is 25.2. The van der Waals surface area contributed by atoms with E-state index >= 15 is 0 Å². The van der Waals surface area contributed by atoms with Crippen molar-refractivity contribution in [2.24, 2.45) is 18.9 Å². The standard InChI is InChI=1S/C13H17BrN2O3/c1-8-6-16(4-3-10(8)13(18)19)12(17)11-5-9(14)7-15(11)2/h5,7-8,10H,3-4,6H2,1-2H3,(H,18,19). The number of piperidine rings is 1. The smallest absolute Gasteiger partial charge is 0.306 e. The molecule has 2 rings (SSSR count). The maximum Gasteiger partial charge on any atom is 0.306 e. The van der Waals surface area contributed by atoms with Crippen LogP contribution in [0.25, 0.3) is 0 Å². The van der Waals surface area contributed by atoms with Gasteiger partial charge in [-0.15, -0.1) is 0 Å². The van der Waals surface area contributed by atoms with Crippen LogP contribution in [-0.2, 0) is 11.8 Å². The van der Waals surface area contributed by atoms with Gasteiger partial charge in [0, 0.05) is 30.8 Å². The minimum atomic E-state index is -0.763. The molecule has 5 nitrogen and oxygen atoms in total. The van der Waals surface area contributed by atoms with Gasteiger partial charge in [0.05, 0.1) is 5.92 Å². The lowest BCUT2D eigenvalue weighted by Crippen LogP contribution is -2.45. The first-order valence-electron chi connectivity index (χ1n) is 6.24. The van der Waals surface area contributed by atoms with Crippen LogP contribution in [0.5, 0.6) is 0 Å². The number of hydrogen-bond acceptors (Lipinski definition) is 2. The number of rotatable bonds is 2. The predicted octanol–water partition coefficient (Wildman–Crippen LogP) is 1.97. The Hall–Kier alpha value is -1.30.